The quantitative estimate of drug-likeness (QED) is 0.440. The Morgan fingerprint density at radius 1 is 0.963 bits per heavy atom. The molecular weight excluding hydrogens is 348 g/mol. The fraction of sp³-hybridized carbons (Fsp3) is 0.333. The summed E-state index contributed by atoms with van der Waals surface area (Å²) in [6, 6.07) is 13.2. The Kier molecular flexibility index (Phi) is 10.1. The van der Waals surface area contributed by atoms with E-state index in [0.717, 1.165) is 25.0 Å². The molecule has 0 spiro atoms. The first-order valence-corrected chi connectivity index (χ1v) is 8.75. The van der Waals surface area contributed by atoms with Crippen molar-refractivity contribution in [1.82, 2.24) is 0 Å². The molecule has 0 fully saturated rings. The van der Waals surface area contributed by atoms with Crippen molar-refractivity contribution in [1.29, 1.82) is 0 Å². The summed E-state index contributed by atoms with van der Waals surface area (Å²) in [5, 5.41) is 9.38. The molecule has 0 unspecified atom stereocenters. The van der Waals surface area contributed by atoms with Crippen molar-refractivity contribution < 1.29 is 28.9 Å². The minimum absolute atomic E-state index is 0.0296. The number of hydrogen-bond acceptors (Lipinski definition) is 6. The first-order valence-electron chi connectivity index (χ1n) is 8.75. The van der Waals surface area contributed by atoms with Gasteiger partial charge in [-0.25, -0.2) is 4.79 Å². The highest BCUT2D eigenvalue weighted by atomic mass is 16.5. The first kappa shape index (κ1) is 22.0. The number of phenols is 1. The predicted octanol–water partition coefficient (Wildman–Crippen LogP) is 4.36. The maximum atomic E-state index is 11.4. The van der Waals surface area contributed by atoms with Gasteiger partial charge in [0.05, 0.1) is 13.7 Å². The zero-order chi connectivity index (χ0) is 20.1. The minimum atomic E-state index is -0.454. The van der Waals surface area contributed by atoms with E-state index in [0.29, 0.717) is 12.4 Å². The van der Waals surface area contributed by atoms with Gasteiger partial charge in [0, 0.05) is 6.92 Å². The van der Waals surface area contributed by atoms with Gasteiger partial charge in [-0.3, -0.25) is 4.79 Å². The lowest BCUT2D eigenvalue weighted by molar-refractivity contribution is -0.131. The molecule has 146 valence electrons. The van der Waals surface area contributed by atoms with Crippen molar-refractivity contribution in [3.63, 3.8) is 0 Å². The van der Waals surface area contributed by atoms with Crippen LogP contribution in [-0.4, -0.2) is 30.8 Å². The average Bonchev–Trinajstić information content (AvgIpc) is 2.66. The normalized spacial score (nSPS) is 9.59. The molecule has 0 aliphatic heterocycles. The van der Waals surface area contributed by atoms with E-state index >= 15 is 0 Å². The molecule has 0 radical (unpaired) electrons. The van der Waals surface area contributed by atoms with Gasteiger partial charge in [0.2, 0.25) is 0 Å². The van der Waals surface area contributed by atoms with Crippen LogP contribution in [0.1, 0.15) is 43.5 Å². The Bertz CT molecular complexity index is 709. The van der Waals surface area contributed by atoms with Gasteiger partial charge in [-0.2, -0.15) is 0 Å². The number of benzene rings is 2. The Hall–Kier alpha value is -3.02. The summed E-state index contributed by atoms with van der Waals surface area (Å²) < 4.78 is 14.8. The summed E-state index contributed by atoms with van der Waals surface area (Å²) in [4.78, 5) is 22.0. The smallest absolute Gasteiger partial charge is 0.341 e. The molecule has 0 saturated heterocycles. The van der Waals surface area contributed by atoms with E-state index in [4.69, 9.17) is 14.2 Å². The van der Waals surface area contributed by atoms with Crippen molar-refractivity contribution in [2.24, 2.45) is 0 Å². The standard InChI is InChI=1S/C12H16O3.C9H10O3/c1-2-3-6-9-15-12(14)10-7-4-5-8-11(10)13;1-7(10)12-9-5-3-8(11-2)4-6-9/h4-5,7-8,13H,2-3,6,9H2,1H3;3-6H,1-2H3. The third kappa shape index (κ3) is 8.76. The van der Waals surface area contributed by atoms with Crippen LogP contribution in [0.5, 0.6) is 17.2 Å². The maximum absolute atomic E-state index is 11.4. The number of ether oxygens (including phenoxy) is 3. The van der Waals surface area contributed by atoms with Gasteiger partial charge < -0.3 is 19.3 Å². The number of aromatic hydroxyl groups is 1. The minimum Gasteiger partial charge on any atom is -0.507 e. The summed E-state index contributed by atoms with van der Waals surface area (Å²) in [6.07, 6.45) is 3.01. The molecule has 0 aliphatic carbocycles. The zero-order valence-electron chi connectivity index (χ0n) is 15.9. The van der Waals surface area contributed by atoms with E-state index in [-0.39, 0.29) is 17.3 Å². The van der Waals surface area contributed by atoms with Crippen LogP contribution >= 0.6 is 0 Å². The second-order valence-corrected chi connectivity index (χ2v) is 5.63. The number of carbonyl (C=O) groups excluding carboxylic acids is 2. The third-order valence-corrected chi connectivity index (χ3v) is 3.43. The highest BCUT2D eigenvalue weighted by Crippen LogP contribution is 2.17. The highest BCUT2D eigenvalue weighted by molar-refractivity contribution is 5.92. The number of carbonyl (C=O) groups is 2. The van der Waals surface area contributed by atoms with Crippen LogP contribution in [-0.2, 0) is 9.53 Å². The Morgan fingerprint density at radius 3 is 2.15 bits per heavy atom. The van der Waals surface area contributed by atoms with Gasteiger partial charge in [-0.15, -0.1) is 0 Å². The van der Waals surface area contributed by atoms with Gasteiger partial charge in [-0.1, -0.05) is 31.9 Å². The third-order valence-electron chi connectivity index (χ3n) is 3.43. The molecule has 2 aromatic rings. The molecule has 0 atom stereocenters. The second-order valence-electron chi connectivity index (χ2n) is 5.63. The summed E-state index contributed by atoms with van der Waals surface area (Å²) in [7, 11) is 1.58. The Morgan fingerprint density at radius 2 is 1.59 bits per heavy atom. The predicted molar refractivity (Wildman–Crippen MR) is 102 cm³/mol. The van der Waals surface area contributed by atoms with E-state index in [2.05, 4.69) is 6.92 Å². The molecule has 27 heavy (non-hydrogen) atoms. The van der Waals surface area contributed by atoms with E-state index in [1.54, 1.807) is 49.6 Å². The van der Waals surface area contributed by atoms with Crippen LogP contribution in [0.25, 0.3) is 0 Å². The first-order chi connectivity index (χ1) is 13.0. The van der Waals surface area contributed by atoms with E-state index in [1.807, 2.05) is 0 Å². The largest absolute Gasteiger partial charge is 0.507 e. The maximum Gasteiger partial charge on any atom is 0.341 e. The number of phenolic OH excluding ortho intramolecular Hbond substituents is 1. The number of rotatable bonds is 7. The lowest BCUT2D eigenvalue weighted by Crippen LogP contribution is -2.06. The fourth-order valence-electron chi connectivity index (χ4n) is 2.05. The molecular formula is C21H26O6. The van der Waals surface area contributed by atoms with Crippen molar-refractivity contribution in [2.45, 2.75) is 33.1 Å². The van der Waals surface area contributed by atoms with Gasteiger partial charge in [0.1, 0.15) is 22.8 Å². The molecule has 0 amide bonds. The monoisotopic (exact) mass is 374 g/mol. The number of esters is 2. The SMILES string of the molecule is CCCCCOC(=O)c1ccccc1O.COc1ccc(OC(C)=O)cc1. The Balaban J connectivity index is 0.000000277. The molecule has 2 rings (SSSR count). The summed E-state index contributed by atoms with van der Waals surface area (Å²) >= 11 is 0. The van der Waals surface area contributed by atoms with E-state index in [9.17, 15) is 14.7 Å². The van der Waals surface area contributed by atoms with Crippen molar-refractivity contribution in [3.05, 3.63) is 54.1 Å². The lowest BCUT2D eigenvalue weighted by Gasteiger charge is -2.05. The molecule has 0 aromatic heterocycles. The Labute approximate surface area is 159 Å². The number of para-hydroxylation sites is 1. The van der Waals surface area contributed by atoms with Crippen LogP contribution in [0, 0.1) is 0 Å². The summed E-state index contributed by atoms with van der Waals surface area (Å²) in [5.41, 5.74) is 0.231. The lowest BCUT2D eigenvalue weighted by atomic mass is 10.2. The van der Waals surface area contributed by atoms with Crippen LogP contribution in [0.3, 0.4) is 0 Å². The van der Waals surface area contributed by atoms with Crippen molar-refractivity contribution >= 4 is 11.9 Å². The number of unbranched alkanes of at least 4 members (excludes halogenated alkanes) is 2. The van der Waals surface area contributed by atoms with Crippen LogP contribution < -0.4 is 9.47 Å². The van der Waals surface area contributed by atoms with Crippen LogP contribution in [0.15, 0.2) is 48.5 Å². The fourth-order valence-corrected chi connectivity index (χ4v) is 2.05. The van der Waals surface area contributed by atoms with E-state index in [1.165, 1.54) is 13.0 Å². The van der Waals surface area contributed by atoms with Crippen molar-refractivity contribution in [3.8, 4) is 17.2 Å². The average molecular weight is 374 g/mol. The van der Waals surface area contributed by atoms with Gasteiger partial charge >= 0.3 is 11.9 Å². The second kappa shape index (κ2) is 12.4. The van der Waals surface area contributed by atoms with E-state index < -0.39 is 5.97 Å². The molecule has 2 aromatic carbocycles. The molecule has 1 N–H and O–H groups in total. The van der Waals surface area contributed by atoms with Crippen LogP contribution in [0.2, 0.25) is 0 Å². The zero-order valence-corrected chi connectivity index (χ0v) is 15.9. The molecule has 0 aliphatic rings. The topological polar surface area (TPSA) is 82.1 Å². The molecule has 0 saturated carbocycles. The van der Waals surface area contributed by atoms with Crippen molar-refractivity contribution in [2.75, 3.05) is 13.7 Å². The van der Waals surface area contributed by atoms with Crippen LogP contribution in [0.4, 0.5) is 0 Å². The molecule has 0 heterocycles. The van der Waals surface area contributed by atoms with Gasteiger partial charge in [-0.05, 0) is 42.8 Å². The molecule has 6 nitrogen and oxygen atoms in total. The molecule has 6 heteroatoms. The summed E-state index contributed by atoms with van der Waals surface area (Å²) in [5.74, 6) is 0.469. The van der Waals surface area contributed by atoms with Gasteiger partial charge in [0.15, 0.2) is 0 Å². The summed E-state index contributed by atoms with van der Waals surface area (Å²) in [6.45, 7) is 3.87. The highest BCUT2D eigenvalue weighted by Gasteiger charge is 2.10. The number of hydrogen-bond donors (Lipinski definition) is 1. The molecule has 0 bridgehead atoms. The number of methoxy groups -OCH3 is 1. The van der Waals surface area contributed by atoms with Gasteiger partial charge in [0.25, 0.3) is 0 Å².